The topological polar surface area (TPSA) is 68.1 Å². The first-order chi connectivity index (χ1) is 8.85. The van der Waals surface area contributed by atoms with Crippen LogP contribution in [0.1, 0.15) is 17.8 Å². The van der Waals surface area contributed by atoms with E-state index in [4.69, 9.17) is 0 Å². The van der Waals surface area contributed by atoms with Crippen LogP contribution in [0, 0.1) is 0 Å². The normalized spacial score (nSPS) is 13.9. The summed E-state index contributed by atoms with van der Waals surface area (Å²) in [6.07, 6.45) is 0. The van der Waals surface area contributed by atoms with Gasteiger partial charge in [-0.15, -0.1) is 16.4 Å². The number of rotatable bonds is 4. The van der Waals surface area contributed by atoms with Gasteiger partial charge in [0, 0.05) is 19.0 Å². The van der Waals surface area contributed by atoms with Crippen molar-refractivity contribution in [2.75, 3.05) is 7.05 Å². The molecule has 0 amide bonds. The predicted octanol–water partition coefficient (Wildman–Crippen LogP) is 2.02. The molecule has 0 N–H and O–H groups in total. The van der Waals surface area contributed by atoms with Crippen LogP contribution in [0.4, 0.5) is 0 Å². The lowest BCUT2D eigenvalue weighted by Crippen LogP contribution is -2.31. The molecule has 0 aliphatic heterocycles. The number of aryl methyl sites for hydroxylation is 1. The van der Waals surface area contributed by atoms with Crippen molar-refractivity contribution in [3.63, 3.8) is 0 Å². The van der Waals surface area contributed by atoms with Gasteiger partial charge in [-0.1, -0.05) is 11.3 Å². The summed E-state index contributed by atoms with van der Waals surface area (Å²) in [4.78, 5) is 0.984. The molecule has 2 heterocycles. The fourth-order valence-corrected chi connectivity index (χ4v) is 4.91. The first-order valence-corrected chi connectivity index (χ1v) is 8.53. The average Bonchev–Trinajstić information content (AvgIpc) is 2.97. The molecule has 2 aromatic rings. The lowest BCUT2D eigenvalue weighted by molar-refractivity contribution is 0.397. The smallest absolute Gasteiger partial charge is 0.235 e. The van der Waals surface area contributed by atoms with Crippen LogP contribution in [0.15, 0.2) is 27.1 Å². The highest BCUT2D eigenvalue weighted by atomic mass is 79.9. The Morgan fingerprint density at radius 2 is 2.21 bits per heavy atom. The van der Waals surface area contributed by atoms with E-state index in [0.29, 0.717) is 0 Å². The van der Waals surface area contributed by atoms with Crippen molar-refractivity contribution in [3.8, 4) is 0 Å². The Morgan fingerprint density at radius 1 is 1.53 bits per heavy atom. The Balaban J connectivity index is 2.40. The molecule has 0 bridgehead atoms. The van der Waals surface area contributed by atoms with E-state index in [0.717, 1.165) is 4.88 Å². The third kappa shape index (κ3) is 2.60. The summed E-state index contributed by atoms with van der Waals surface area (Å²) >= 11 is 4.65. The van der Waals surface area contributed by atoms with Crippen molar-refractivity contribution in [3.05, 3.63) is 27.0 Å². The molecule has 9 heteroatoms. The molecule has 0 spiro atoms. The number of sulfonamides is 1. The van der Waals surface area contributed by atoms with Gasteiger partial charge >= 0.3 is 0 Å². The highest BCUT2D eigenvalue weighted by Gasteiger charge is 2.32. The summed E-state index contributed by atoms with van der Waals surface area (Å²) < 4.78 is 27.9. The highest BCUT2D eigenvalue weighted by Crippen LogP contribution is 2.30. The van der Waals surface area contributed by atoms with Gasteiger partial charge in [0.25, 0.3) is 10.0 Å². The van der Waals surface area contributed by atoms with Crippen LogP contribution in [0.5, 0.6) is 0 Å². The maximum Gasteiger partial charge on any atom is 0.263 e. The summed E-state index contributed by atoms with van der Waals surface area (Å²) in [7, 11) is -0.547. The monoisotopic (exact) mass is 364 g/mol. The van der Waals surface area contributed by atoms with Crippen molar-refractivity contribution < 1.29 is 8.42 Å². The van der Waals surface area contributed by atoms with E-state index in [1.807, 2.05) is 24.4 Å². The third-order valence-corrected chi connectivity index (χ3v) is 6.72. The van der Waals surface area contributed by atoms with Gasteiger partial charge in [-0.05, 0) is 34.3 Å². The van der Waals surface area contributed by atoms with Gasteiger partial charge in [0.2, 0.25) is 5.03 Å². The second kappa shape index (κ2) is 5.31. The summed E-state index contributed by atoms with van der Waals surface area (Å²) in [6, 6.07) is 3.57. The van der Waals surface area contributed by atoms with Crippen molar-refractivity contribution in [2.24, 2.45) is 7.05 Å². The first-order valence-electron chi connectivity index (χ1n) is 5.42. The summed E-state index contributed by atoms with van der Waals surface area (Å²) in [5, 5.41) is 9.40. The fraction of sp³-hybridized carbons (Fsp3) is 0.400. The number of hydrogen-bond donors (Lipinski definition) is 0. The van der Waals surface area contributed by atoms with Crippen LogP contribution in [0.25, 0.3) is 0 Å². The van der Waals surface area contributed by atoms with Crippen LogP contribution < -0.4 is 0 Å². The van der Waals surface area contributed by atoms with Crippen LogP contribution in [0.3, 0.4) is 0 Å². The molecule has 0 aliphatic rings. The Hall–Kier alpha value is -0.770. The van der Waals surface area contributed by atoms with E-state index in [1.54, 1.807) is 14.1 Å². The van der Waals surface area contributed by atoms with Gasteiger partial charge < -0.3 is 0 Å². The molecule has 1 unspecified atom stereocenters. The Morgan fingerprint density at radius 3 is 2.68 bits per heavy atom. The van der Waals surface area contributed by atoms with Gasteiger partial charge in [0.1, 0.15) is 0 Å². The summed E-state index contributed by atoms with van der Waals surface area (Å²) in [5.74, 6) is 0. The highest BCUT2D eigenvalue weighted by molar-refractivity contribution is 9.10. The minimum Gasteiger partial charge on any atom is -0.235 e. The minimum atomic E-state index is -3.65. The maximum absolute atomic E-state index is 12.6. The van der Waals surface area contributed by atoms with E-state index in [9.17, 15) is 8.42 Å². The van der Waals surface area contributed by atoms with Crippen molar-refractivity contribution in [1.29, 1.82) is 0 Å². The summed E-state index contributed by atoms with van der Waals surface area (Å²) in [5.41, 5.74) is 0. The molecule has 2 aromatic heterocycles. The zero-order chi connectivity index (χ0) is 14.2. The zero-order valence-corrected chi connectivity index (χ0v) is 13.8. The second-order valence-corrected chi connectivity index (χ2v) is 7.66. The molecule has 6 nitrogen and oxygen atoms in total. The SMILES string of the molecule is CC(c1cccs1)N(C)S(=O)(=O)c1c(Br)nnn1C. The standard InChI is InChI=1S/C10H13BrN4O2S2/c1-7(8-5-4-6-18-8)15(3)19(16,17)10-9(11)12-13-14(10)2/h4-7H,1-3H3. The van der Waals surface area contributed by atoms with E-state index in [-0.39, 0.29) is 15.7 Å². The zero-order valence-electron chi connectivity index (χ0n) is 10.6. The van der Waals surface area contributed by atoms with Crippen LogP contribution >= 0.6 is 27.3 Å². The Labute approximate surface area is 124 Å². The van der Waals surface area contributed by atoms with E-state index < -0.39 is 10.0 Å². The second-order valence-electron chi connectivity index (χ2n) is 4.02. The van der Waals surface area contributed by atoms with Crippen LogP contribution in [-0.2, 0) is 17.1 Å². The molecule has 0 saturated heterocycles. The lowest BCUT2D eigenvalue weighted by Gasteiger charge is -2.23. The van der Waals surface area contributed by atoms with Crippen LogP contribution in [0.2, 0.25) is 0 Å². The average molecular weight is 365 g/mol. The largest absolute Gasteiger partial charge is 0.263 e. The number of nitrogens with zero attached hydrogens (tertiary/aromatic N) is 4. The van der Waals surface area contributed by atoms with Gasteiger partial charge in [0.15, 0.2) is 4.60 Å². The Bertz CT molecular complexity index is 646. The molecule has 19 heavy (non-hydrogen) atoms. The molecule has 0 radical (unpaired) electrons. The van der Waals surface area contributed by atoms with Crippen molar-refractivity contribution in [1.82, 2.24) is 19.3 Å². The quantitative estimate of drug-likeness (QED) is 0.831. The molecule has 0 saturated carbocycles. The van der Waals surface area contributed by atoms with E-state index in [2.05, 4.69) is 26.2 Å². The molecule has 2 rings (SSSR count). The molecule has 0 aromatic carbocycles. The van der Waals surface area contributed by atoms with Crippen molar-refractivity contribution >= 4 is 37.3 Å². The summed E-state index contributed by atoms with van der Waals surface area (Å²) in [6.45, 7) is 1.85. The fourth-order valence-electron chi connectivity index (χ4n) is 1.65. The predicted molar refractivity (Wildman–Crippen MR) is 76.4 cm³/mol. The molecular weight excluding hydrogens is 352 g/mol. The van der Waals surface area contributed by atoms with Gasteiger partial charge in [0.05, 0.1) is 6.04 Å². The van der Waals surface area contributed by atoms with Gasteiger partial charge in [-0.3, -0.25) is 0 Å². The van der Waals surface area contributed by atoms with Gasteiger partial charge in [-0.2, -0.15) is 4.31 Å². The molecule has 104 valence electrons. The molecule has 1 atom stereocenters. The number of halogens is 1. The molecule has 0 fully saturated rings. The lowest BCUT2D eigenvalue weighted by atomic mass is 10.3. The minimum absolute atomic E-state index is 0.0541. The van der Waals surface area contributed by atoms with E-state index >= 15 is 0 Å². The van der Waals surface area contributed by atoms with Crippen molar-refractivity contribution in [2.45, 2.75) is 18.0 Å². The molecular formula is C10H13BrN4O2S2. The number of aromatic nitrogens is 3. The van der Waals surface area contributed by atoms with Gasteiger partial charge in [-0.25, -0.2) is 13.1 Å². The Kier molecular flexibility index (Phi) is 4.09. The number of thiophene rings is 1. The van der Waals surface area contributed by atoms with Crippen LogP contribution in [-0.4, -0.2) is 34.8 Å². The number of hydrogen-bond acceptors (Lipinski definition) is 5. The molecule has 0 aliphatic carbocycles. The third-order valence-electron chi connectivity index (χ3n) is 2.86. The van der Waals surface area contributed by atoms with E-state index in [1.165, 1.54) is 20.3 Å². The maximum atomic E-state index is 12.6. The first kappa shape index (κ1) is 14.6.